The standard InChI is InChI=1S/C16H19N3O2/c17-13-6-7-14(16-12(13)5-4-8-18-16)21-11-15(20)19-9-2-1-3-10-19/h4-8H,1-3,9-11,17H2. The fraction of sp³-hybridized carbons (Fsp3) is 0.375. The van der Waals surface area contributed by atoms with Crippen molar-refractivity contribution in [2.24, 2.45) is 0 Å². The second kappa shape index (κ2) is 5.99. The summed E-state index contributed by atoms with van der Waals surface area (Å²) in [5.41, 5.74) is 7.29. The summed E-state index contributed by atoms with van der Waals surface area (Å²) in [6.07, 6.45) is 5.06. The Labute approximate surface area is 123 Å². The Morgan fingerprint density at radius 2 is 2.05 bits per heavy atom. The van der Waals surface area contributed by atoms with Gasteiger partial charge >= 0.3 is 0 Å². The van der Waals surface area contributed by atoms with Gasteiger partial charge in [-0.2, -0.15) is 0 Å². The van der Waals surface area contributed by atoms with Gasteiger partial charge < -0.3 is 15.4 Å². The number of nitrogens with zero attached hydrogens (tertiary/aromatic N) is 2. The Morgan fingerprint density at radius 1 is 1.24 bits per heavy atom. The van der Waals surface area contributed by atoms with Crippen LogP contribution >= 0.6 is 0 Å². The van der Waals surface area contributed by atoms with Crippen LogP contribution in [-0.2, 0) is 4.79 Å². The van der Waals surface area contributed by atoms with E-state index in [1.807, 2.05) is 17.0 Å². The van der Waals surface area contributed by atoms with Crippen LogP contribution in [0, 0.1) is 0 Å². The van der Waals surface area contributed by atoms with Gasteiger partial charge in [0.05, 0.1) is 0 Å². The predicted octanol–water partition coefficient (Wildman–Crippen LogP) is 2.21. The summed E-state index contributed by atoms with van der Waals surface area (Å²) in [6, 6.07) is 7.29. The summed E-state index contributed by atoms with van der Waals surface area (Å²) in [4.78, 5) is 18.3. The van der Waals surface area contributed by atoms with Crippen molar-refractivity contribution in [1.29, 1.82) is 0 Å². The molecule has 0 unspecified atom stereocenters. The zero-order chi connectivity index (χ0) is 14.7. The number of pyridine rings is 1. The van der Waals surface area contributed by atoms with Crippen LogP contribution < -0.4 is 10.5 Å². The Bertz CT molecular complexity index is 651. The molecule has 1 aromatic heterocycles. The molecule has 1 aliphatic heterocycles. The summed E-state index contributed by atoms with van der Waals surface area (Å²) in [5.74, 6) is 0.640. The number of piperidine rings is 1. The van der Waals surface area contributed by atoms with Crippen LogP contribution in [0.5, 0.6) is 5.75 Å². The third-order valence-electron chi connectivity index (χ3n) is 3.83. The van der Waals surface area contributed by atoms with Crippen molar-refractivity contribution in [3.8, 4) is 5.75 Å². The molecular formula is C16H19N3O2. The zero-order valence-corrected chi connectivity index (χ0v) is 11.9. The number of nitrogens with two attached hydrogens (primary N) is 1. The van der Waals surface area contributed by atoms with Gasteiger partial charge in [0.25, 0.3) is 5.91 Å². The maximum atomic E-state index is 12.1. The number of rotatable bonds is 3. The first-order valence-electron chi connectivity index (χ1n) is 7.29. The van der Waals surface area contributed by atoms with Gasteiger partial charge in [-0.15, -0.1) is 0 Å². The lowest BCUT2D eigenvalue weighted by atomic mass is 10.1. The molecule has 0 radical (unpaired) electrons. The molecule has 2 aromatic rings. The Hall–Kier alpha value is -2.30. The third kappa shape index (κ3) is 2.91. The number of likely N-dealkylation sites (tertiary alicyclic amines) is 1. The van der Waals surface area contributed by atoms with Gasteiger partial charge in [-0.05, 0) is 43.5 Å². The highest BCUT2D eigenvalue weighted by atomic mass is 16.5. The van der Waals surface area contributed by atoms with Gasteiger partial charge in [0.1, 0.15) is 11.3 Å². The first-order valence-corrected chi connectivity index (χ1v) is 7.29. The van der Waals surface area contributed by atoms with Crippen molar-refractivity contribution in [2.45, 2.75) is 19.3 Å². The molecule has 21 heavy (non-hydrogen) atoms. The minimum absolute atomic E-state index is 0.0376. The number of aromatic nitrogens is 1. The largest absolute Gasteiger partial charge is 0.481 e. The normalized spacial score (nSPS) is 15.1. The lowest BCUT2D eigenvalue weighted by Gasteiger charge is -2.26. The predicted molar refractivity (Wildman–Crippen MR) is 82.1 cm³/mol. The van der Waals surface area contributed by atoms with Crippen molar-refractivity contribution < 1.29 is 9.53 Å². The van der Waals surface area contributed by atoms with Crippen LogP contribution in [-0.4, -0.2) is 35.5 Å². The first kappa shape index (κ1) is 13.7. The van der Waals surface area contributed by atoms with E-state index >= 15 is 0 Å². The van der Waals surface area contributed by atoms with Gasteiger partial charge in [-0.25, -0.2) is 0 Å². The molecule has 2 heterocycles. The molecule has 0 aliphatic carbocycles. The summed E-state index contributed by atoms with van der Waals surface area (Å²) in [6.45, 7) is 1.72. The molecule has 1 fully saturated rings. The number of ether oxygens (including phenoxy) is 1. The summed E-state index contributed by atoms with van der Waals surface area (Å²) in [5, 5.41) is 0.848. The maximum absolute atomic E-state index is 12.1. The SMILES string of the molecule is Nc1ccc(OCC(=O)N2CCCCC2)c2ncccc12. The third-order valence-corrected chi connectivity index (χ3v) is 3.83. The summed E-state index contributed by atoms with van der Waals surface area (Å²) >= 11 is 0. The van der Waals surface area contributed by atoms with Gasteiger partial charge in [0.2, 0.25) is 0 Å². The number of hydrogen-bond donors (Lipinski definition) is 1. The molecule has 3 rings (SSSR count). The highest BCUT2D eigenvalue weighted by Crippen LogP contribution is 2.28. The van der Waals surface area contributed by atoms with Crippen molar-refractivity contribution in [3.63, 3.8) is 0 Å². The average molecular weight is 285 g/mol. The van der Waals surface area contributed by atoms with E-state index < -0.39 is 0 Å². The molecule has 0 atom stereocenters. The van der Waals surface area contributed by atoms with E-state index in [4.69, 9.17) is 10.5 Å². The van der Waals surface area contributed by atoms with E-state index in [0.29, 0.717) is 17.0 Å². The second-order valence-electron chi connectivity index (χ2n) is 5.28. The smallest absolute Gasteiger partial charge is 0.260 e. The highest BCUT2D eigenvalue weighted by Gasteiger charge is 2.17. The molecule has 1 amide bonds. The molecule has 0 spiro atoms. The zero-order valence-electron chi connectivity index (χ0n) is 11.9. The monoisotopic (exact) mass is 285 g/mol. The minimum atomic E-state index is 0.0376. The van der Waals surface area contributed by atoms with Gasteiger partial charge in [0.15, 0.2) is 6.61 Å². The Morgan fingerprint density at radius 3 is 2.86 bits per heavy atom. The number of benzene rings is 1. The highest BCUT2D eigenvalue weighted by molar-refractivity contribution is 5.94. The van der Waals surface area contributed by atoms with Crippen molar-refractivity contribution in [2.75, 3.05) is 25.4 Å². The Balaban J connectivity index is 1.73. The lowest BCUT2D eigenvalue weighted by Crippen LogP contribution is -2.38. The van der Waals surface area contributed by atoms with Crippen LogP contribution in [0.2, 0.25) is 0 Å². The van der Waals surface area contributed by atoms with Crippen molar-refractivity contribution in [3.05, 3.63) is 30.5 Å². The number of carbonyl (C=O) groups is 1. The maximum Gasteiger partial charge on any atom is 0.260 e. The van der Waals surface area contributed by atoms with E-state index in [2.05, 4.69) is 4.98 Å². The fourth-order valence-corrected chi connectivity index (χ4v) is 2.66. The van der Waals surface area contributed by atoms with Crippen LogP contribution in [0.1, 0.15) is 19.3 Å². The number of anilines is 1. The second-order valence-corrected chi connectivity index (χ2v) is 5.28. The average Bonchev–Trinajstić information content (AvgIpc) is 2.55. The van der Waals surface area contributed by atoms with Gasteiger partial charge in [-0.3, -0.25) is 9.78 Å². The van der Waals surface area contributed by atoms with E-state index in [1.165, 1.54) is 6.42 Å². The summed E-state index contributed by atoms with van der Waals surface area (Å²) in [7, 11) is 0. The number of hydrogen-bond acceptors (Lipinski definition) is 4. The molecule has 110 valence electrons. The minimum Gasteiger partial charge on any atom is -0.481 e. The number of amides is 1. The molecule has 0 saturated carbocycles. The fourth-order valence-electron chi connectivity index (χ4n) is 2.66. The van der Waals surface area contributed by atoms with Crippen LogP contribution in [0.3, 0.4) is 0 Å². The molecule has 1 saturated heterocycles. The van der Waals surface area contributed by atoms with E-state index in [9.17, 15) is 4.79 Å². The molecule has 0 bridgehead atoms. The molecule has 2 N–H and O–H groups in total. The van der Waals surface area contributed by atoms with Crippen LogP contribution in [0.15, 0.2) is 30.5 Å². The molecule has 5 nitrogen and oxygen atoms in total. The van der Waals surface area contributed by atoms with E-state index in [1.54, 1.807) is 18.3 Å². The first-order chi connectivity index (χ1) is 10.3. The number of carbonyl (C=O) groups excluding carboxylic acids is 1. The quantitative estimate of drug-likeness (QED) is 0.878. The van der Waals surface area contributed by atoms with Crippen molar-refractivity contribution in [1.82, 2.24) is 9.88 Å². The molecule has 1 aromatic carbocycles. The topological polar surface area (TPSA) is 68.5 Å². The molecular weight excluding hydrogens is 266 g/mol. The summed E-state index contributed by atoms with van der Waals surface area (Å²) < 4.78 is 5.68. The van der Waals surface area contributed by atoms with Gasteiger partial charge in [0, 0.05) is 30.4 Å². The van der Waals surface area contributed by atoms with Crippen LogP contribution in [0.4, 0.5) is 5.69 Å². The van der Waals surface area contributed by atoms with E-state index in [0.717, 1.165) is 31.3 Å². The molecule has 5 heteroatoms. The van der Waals surface area contributed by atoms with E-state index in [-0.39, 0.29) is 12.5 Å². The number of fused-ring (bicyclic) bond motifs is 1. The lowest BCUT2D eigenvalue weighted by molar-refractivity contribution is -0.134. The number of nitrogen functional groups attached to an aromatic ring is 1. The molecule has 1 aliphatic rings. The van der Waals surface area contributed by atoms with Crippen molar-refractivity contribution >= 4 is 22.5 Å². The van der Waals surface area contributed by atoms with Crippen LogP contribution in [0.25, 0.3) is 10.9 Å². The van der Waals surface area contributed by atoms with Gasteiger partial charge in [-0.1, -0.05) is 0 Å². The Kier molecular flexibility index (Phi) is 3.90.